The van der Waals surface area contributed by atoms with Gasteiger partial charge in [-0.1, -0.05) is 0 Å². The summed E-state index contributed by atoms with van der Waals surface area (Å²) in [6, 6.07) is 0. The number of aryl methyl sites for hydroxylation is 2. The molecule has 2 aromatic heterocycles. The van der Waals surface area contributed by atoms with Crippen LogP contribution in [0.4, 0.5) is 13.2 Å². The Morgan fingerprint density at radius 3 is 2.71 bits per heavy atom. The van der Waals surface area contributed by atoms with Gasteiger partial charge in [-0.05, 0) is 18.9 Å². The van der Waals surface area contributed by atoms with Gasteiger partial charge < -0.3 is 5.11 Å². The topological polar surface area (TPSA) is 72.2 Å². The summed E-state index contributed by atoms with van der Waals surface area (Å²) in [5, 5.41) is 9.17. The maximum atomic E-state index is 12.2. The molecule has 0 unspecified atom stereocenters. The van der Waals surface area contributed by atoms with Crippen LogP contribution in [0.3, 0.4) is 0 Å². The number of aromatic nitrogens is 2. The van der Waals surface area contributed by atoms with Crippen LogP contribution in [0.2, 0.25) is 0 Å². The number of carboxylic acids is 1. The first kappa shape index (κ1) is 15.5. The molecule has 0 amide bonds. The standard InChI is InChI=1S/C12H11F3N2O3S/c1-6-7-9(21-8(6)11(19)20)16-5-17(10(7)18)4-2-3-12(13,14)15/h5H,2-4H2,1H3,(H,19,20). The summed E-state index contributed by atoms with van der Waals surface area (Å²) in [6.07, 6.45) is -4.33. The summed E-state index contributed by atoms with van der Waals surface area (Å²) in [4.78, 5) is 27.5. The molecule has 0 aromatic carbocycles. The van der Waals surface area contributed by atoms with Crippen LogP contribution in [-0.2, 0) is 6.54 Å². The third-order valence-electron chi connectivity index (χ3n) is 2.97. The van der Waals surface area contributed by atoms with Gasteiger partial charge >= 0.3 is 12.1 Å². The first-order valence-electron chi connectivity index (χ1n) is 5.99. The normalized spacial score (nSPS) is 12.0. The lowest BCUT2D eigenvalue weighted by Gasteiger charge is -2.07. The number of aromatic carboxylic acids is 1. The van der Waals surface area contributed by atoms with Crippen molar-refractivity contribution in [3.63, 3.8) is 0 Å². The fourth-order valence-corrected chi connectivity index (χ4v) is 2.95. The number of rotatable bonds is 4. The van der Waals surface area contributed by atoms with Crippen LogP contribution in [0.15, 0.2) is 11.1 Å². The Labute approximate surface area is 120 Å². The van der Waals surface area contributed by atoms with Gasteiger partial charge in [0.2, 0.25) is 0 Å². The van der Waals surface area contributed by atoms with E-state index in [-0.39, 0.29) is 28.1 Å². The number of hydrogen-bond acceptors (Lipinski definition) is 4. The SMILES string of the molecule is Cc1c(C(=O)O)sc2ncn(CCCC(F)(F)F)c(=O)c12. The van der Waals surface area contributed by atoms with Crippen molar-refractivity contribution in [3.8, 4) is 0 Å². The van der Waals surface area contributed by atoms with Crippen molar-refractivity contribution >= 4 is 27.5 Å². The number of hydrogen-bond donors (Lipinski definition) is 1. The summed E-state index contributed by atoms with van der Waals surface area (Å²) >= 11 is 0.879. The highest BCUT2D eigenvalue weighted by Crippen LogP contribution is 2.27. The predicted molar refractivity (Wildman–Crippen MR) is 70.9 cm³/mol. The van der Waals surface area contributed by atoms with Gasteiger partial charge in [0.25, 0.3) is 5.56 Å². The molecule has 5 nitrogen and oxygen atoms in total. The molecule has 21 heavy (non-hydrogen) atoms. The van der Waals surface area contributed by atoms with Crippen LogP contribution >= 0.6 is 11.3 Å². The first-order valence-corrected chi connectivity index (χ1v) is 6.81. The first-order chi connectivity index (χ1) is 9.70. The number of nitrogens with zero attached hydrogens (tertiary/aromatic N) is 2. The van der Waals surface area contributed by atoms with E-state index in [1.165, 1.54) is 6.92 Å². The Bertz CT molecular complexity index is 749. The van der Waals surface area contributed by atoms with Crippen LogP contribution in [-0.4, -0.2) is 26.8 Å². The minimum absolute atomic E-state index is 0.0163. The highest BCUT2D eigenvalue weighted by atomic mass is 32.1. The van der Waals surface area contributed by atoms with Crippen molar-refractivity contribution < 1.29 is 23.1 Å². The number of fused-ring (bicyclic) bond motifs is 1. The van der Waals surface area contributed by atoms with E-state index >= 15 is 0 Å². The zero-order chi connectivity index (χ0) is 15.8. The number of thiophene rings is 1. The van der Waals surface area contributed by atoms with Crippen molar-refractivity contribution in [3.05, 3.63) is 27.1 Å². The van der Waals surface area contributed by atoms with Crippen LogP contribution in [0.1, 0.15) is 28.1 Å². The maximum absolute atomic E-state index is 12.2. The summed E-state index contributed by atoms with van der Waals surface area (Å²) in [7, 11) is 0. The van der Waals surface area contributed by atoms with E-state index in [1.807, 2.05) is 0 Å². The molecule has 2 heterocycles. The number of alkyl halides is 3. The molecule has 114 valence electrons. The molecule has 0 saturated heterocycles. The van der Waals surface area contributed by atoms with Crippen LogP contribution in [0.25, 0.3) is 10.2 Å². The van der Waals surface area contributed by atoms with Gasteiger partial charge in [-0.15, -0.1) is 11.3 Å². The largest absolute Gasteiger partial charge is 0.477 e. The Balaban J connectivity index is 2.36. The van der Waals surface area contributed by atoms with E-state index in [9.17, 15) is 22.8 Å². The second-order valence-electron chi connectivity index (χ2n) is 4.50. The Hall–Kier alpha value is -1.90. The quantitative estimate of drug-likeness (QED) is 0.940. The molecule has 2 rings (SSSR count). The van der Waals surface area contributed by atoms with Crippen molar-refractivity contribution in [1.82, 2.24) is 9.55 Å². The van der Waals surface area contributed by atoms with Gasteiger partial charge in [0.1, 0.15) is 9.71 Å². The second-order valence-corrected chi connectivity index (χ2v) is 5.50. The zero-order valence-corrected chi connectivity index (χ0v) is 11.7. The third-order valence-corrected chi connectivity index (χ3v) is 4.16. The van der Waals surface area contributed by atoms with Gasteiger partial charge in [0, 0.05) is 13.0 Å². The van der Waals surface area contributed by atoms with E-state index in [0.29, 0.717) is 5.56 Å². The third kappa shape index (κ3) is 3.23. The van der Waals surface area contributed by atoms with E-state index in [1.54, 1.807) is 0 Å². The average Bonchev–Trinajstić information content (AvgIpc) is 2.69. The van der Waals surface area contributed by atoms with E-state index in [0.717, 1.165) is 22.2 Å². The predicted octanol–water partition coefficient (Wildman–Crippen LogP) is 2.81. The van der Waals surface area contributed by atoms with Gasteiger partial charge in [0.05, 0.1) is 11.7 Å². The number of carbonyl (C=O) groups is 1. The molecule has 0 saturated carbocycles. The molecule has 0 radical (unpaired) electrons. The summed E-state index contributed by atoms with van der Waals surface area (Å²) in [5.74, 6) is -1.15. The van der Waals surface area contributed by atoms with Gasteiger partial charge in [0.15, 0.2) is 0 Å². The molecule has 1 N–H and O–H groups in total. The number of halogens is 3. The molecule has 0 fully saturated rings. The lowest BCUT2D eigenvalue weighted by molar-refractivity contribution is -0.135. The Kier molecular flexibility index (Phi) is 4.04. The fraction of sp³-hybridized carbons (Fsp3) is 0.417. The molecule has 0 bridgehead atoms. The smallest absolute Gasteiger partial charge is 0.389 e. The molecule has 9 heteroatoms. The van der Waals surface area contributed by atoms with E-state index < -0.39 is 24.1 Å². The van der Waals surface area contributed by atoms with Crippen molar-refractivity contribution in [2.75, 3.05) is 0 Å². The van der Waals surface area contributed by atoms with Crippen molar-refractivity contribution in [2.45, 2.75) is 32.5 Å². The Morgan fingerprint density at radius 2 is 2.14 bits per heavy atom. The molecule has 0 aliphatic heterocycles. The summed E-state index contributed by atoms with van der Waals surface area (Å²) < 4.78 is 37.4. The molecule has 0 aliphatic carbocycles. The second kappa shape index (κ2) is 5.47. The van der Waals surface area contributed by atoms with Crippen molar-refractivity contribution in [2.24, 2.45) is 0 Å². The van der Waals surface area contributed by atoms with Crippen LogP contribution in [0.5, 0.6) is 0 Å². The van der Waals surface area contributed by atoms with Gasteiger partial charge in [-0.2, -0.15) is 13.2 Å². The minimum atomic E-state index is -4.27. The Morgan fingerprint density at radius 1 is 1.48 bits per heavy atom. The maximum Gasteiger partial charge on any atom is 0.389 e. The van der Waals surface area contributed by atoms with E-state index in [2.05, 4.69) is 4.98 Å². The summed E-state index contributed by atoms with van der Waals surface area (Å²) in [6.45, 7) is 1.38. The molecular formula is C12H11F3N2O3S. The average molecular weight is 320 g/mol. The number of carboxylic acid groups (broad SMARTS) is 1. The molecule has 0 aliphatic rings. The minimum Gasteiger partial charge on any atom is -0.477 e. The van der Waals surface area contributed by atoms with Gasteiger partial charge in [-0.25, -0.2) is 9.78 Å². The fourth-order valence-electron chi connectivity index (χ4n) is 1.97. The highest BCUT2D eigenvalue weighted by Gasteiger charge is 2.26. The van der Waals surface area contributed by atoms with Crippen LogP contribution in [0, 0.1) is 6.92 Å². The molecule has 2 aromatic rings. The highest BCUT2D eigenvalue weighted by molar-refractivity contribution is 7.20. The lowest BCUT2D eigenvalue weighted by Crippen LogP contribution is -2.21. The molecule has 0 atom stereocenters. The monoisotopic (exact) mass is 320 g/mol. The van der Waals surface area contributed by atoms with Crippen molar-refractivity contribution in [1.29, 1.82) is 0 Å². The summed E-state index contributed by atoms with van der Waals surface area (Å²) in [5.41, 5.74) is -0.214. The van der Waals surface area contributed by atoms with Crippen LogP contribution < -0.4 is 5.56 Å². The lowest BCUT2D eigenvalue weighted by atomic mass is 10.2. The molecule has 0 spiro atoms. The van der Waals surface area contributed by atoms with E-state index in [4.69, 9.17) is 5.11 Å². The zero-order valence-electron chi connectivity index (χ0n) is 10.9. The molecular weight excluding hydrogens is 309 g/mol. The van der Waals surface area contributed by atoms with Gasteiger partial charge in [-0.3, -0.25) is 9.36 Å².